The smallest absolute Gasteiger partial charge is 0.199 e. The van der Waals surface area contributed by atoms with Gasteiger partial charge in [0.15, 0.2) is 5.82 Å². The fraction of sp³-hybridized carbons (Fsp3) is 0.375. The van der Waals surface area contributed by atoms with Gasteiger partial charge in [0.05, 0.1) is 5.69 Å². The van der Waals surface area contributed by atoms with Gasteiger partial charge in [0, 0.05) is 7.05 Å². The highest BCUT2D eigenvalue weighted by Crippen LogP contribution is 2.14. The first-order valence-electron chi connectivity index (χ1n) is 4.07. The summed E-state index contributed by atoms with van der Waals surface area (Å²) in [6.45, 7) is 3.82. The molecule has 68 valence electrons. The van der Waals surface area contributed by atoms with Crippen LogP contribution < -0.4 is 0 Å². The van der Waals surface area contributed by atoms with E-state index in [-0.39, 0.29) is 0 Å². The summed E-state index contributed by atoms with van der Waals surface area (Å²) < 4.78 is 1.78. The molecule has 5 heteroatoms. The predicted octanol–water partition coefficient (Wildman–Crippen LogP) is 0.822. The highest BCUT2D eigenvalue weighted by molar-refractivity contribution is 5.49. The highest BCUT2D eigenvalue weighted by Gasteiger charge is 2.08. The number of nitrogens with one attached hydrogen (secondary N) is 1. The quantitative estimate of drug-likeness (QED) is 0.701. The minimum atomic E-state index is 0.695. The molecule has 0 aliphatic rings. The second-order valence-corrected chi connectivity index (χ2v) is 3.04. The molecule has 1 N–H and O–H groups in total. The van der Waals surface area contributed by atoms with Crippen molar-refractivity contribution in [3.8, 4) is 11.5 Å². The van der Waals surface area contributed by atoms with E-state index >= 15 is 0 Å². The third-order valence-corrected chi connectivity index (χ3v) is 1.83. The van der Waals surface area contributed by atoms with Crippen molar-refractivity contribution >= 4 is 0 Å². The summed E-state index contributed by atoms with van der Waals surface area (Å²) in [7, 11) is 1.88. The first-order valence-corrected chi connectivity index (χ1v) is 4.07. The van der Waals surface area contributed by atoms with Gasteiger partial charge in [0.25, 0.3) is 0 Å². The molecule has 0 radical (unpaired) electrons. The topological polar surface area (TPSA) is 59.4 Å². The van der Waals surface area contributed by atoms with Gasteiger partial charge in [-0.1, -0.05) is 0 Å². The monoisotopic (exact) mass is 177 g/mol. The van der Waals surface area contributed by atoms with Crippen LogP contribution in [0.5, 0.6) is 0 Å². The van der Waals surface area contributed by atoms with Crippen LogP contribution >= 0.6 is 0 Å². The molecule has 0 aliphatic carbocycles. The van der Waals surface area contributed by atoms with Crippen LogP contribution in [-0.2, 0) is 7.05 Å². The van der Waals surface area contributed by atoms with Crippen molar-refractivity contribution < 1.29 is 0 Å². The average Bonchev–Trinajstić information content (AvgIpc) is 2.58. The van der Waals surface area contributed by atoms with Crippen LogP contribution in [0.1, 0.15) is 11.5 Å². The van der Waals surface area contributed by atoms with E-state index in [2.05, 4.69) is 20.3 Å². The fourth-order valence-corrected chi connectivity index (χ4v) is 1.28. The molecule has 13 heavy (non-hydrogen) atoms. The molecule has 5 nitrogen and oxygen atoms in total. The lowest BCUT2D eigenvalue weighted by Gasteiger charge is -1.93. The van der Waals surface area contributed by atoms with Crippen LogP contribution in [0.4, 0.5) is 0 Å². The first-order chi connectivity index (χ1) is 6.16. The number of hydrogen-bond donors (Lipinski definition) is 1. The molecular formula is C8H11N5. The van der Waals surface area contributed by atoms with E-state index in [4.69, 9.17) is 0 Å². The molecule has 0 bridgehead atoms. The molecule has 0 fully saturated rings. The average molecular weight is 177 g/mol. The van der Waals surface area contributed by atoms with Crippen LogP contribution in [0.25, 0.3) is 11.5 Å². The molecule has 0 atom stereocenters. The van der Waals surface area contributed by atoms with Crippen molar-refractivity contribution in [3.05, 3.63) is 17.6 Å². The maximum atomic E-state index is 4.23. The second-order valence-electron chi connectivity index (χ2n) is 3.04. The fourth-order valence-electron chi connectivity index (χ4n) is 1.28. The molecule has 2 aromatic rings. The third kappa shape index (κ3) is 1.32. The van der Waals surface area contributed by atoms with Gasteiger partial charge in [-0.25, -0.2) is 4.98 Å². The zero-order chi connectivity index (χ0) is 9.42. The van der Waals surface area contributed by atoms with Crippen LogP contribution in [0, 0.1) is 13.8 Å². The number of aromatic amines is 1. The van der Waals surface area contributed by atoms with Gasteiger partial charge >= 0.3 is 0 Å². The molecule has 0 unspecified atom stereocenters. The van der Waals surface area contributed by atoms with Gasteiger partial charge in [0.2, 0.25) is 0 Å². The van der Waals surface area contributed by atoms with Crippen LogP contribution in [0.15, 0.2) is 6.07 Å². The van der Waals surface area contributed by atoms with E-state index in [1.807, 2.05) is 27.0 Å². The van der Waals surface area contributed by atoms with E-state index in [0.29, 0.717) is 5.82 Å². The SMILES string of the molecule is Cc1cc(-c2n[nH]c(C)n2)n(C)n1. The summed E-state index contributed by atoms with van der Waals surface area (Å²) in [4.78, 5) is 4.23. The van der Waals surface area contributed by atoms with Crippen molar-refractivity contribution in [2.75, 3.05) is 0 Å². The molecule has 2 aromatic heterocycles. The number of aryl methyl sites for hydroxylation is 3. The Labute approximate surface area is 75.8 Å². The molecule has 0 amide bonds. The van der Waals surface area contributed by atoms with Crippen LogP contribution in [0.2, 0.25) is 0 Å². The Morgan fingerprint density at radius 2 is 2.15 bits per heavy atom. The zero-order valence-corrected chi connectivity index (χ0v) is 7.87. The lowest BCUT2D eigenvalue weighted by atomic mass is 10.3. The van der Waals surface area contributed by atoms with Gasteiger partial charge in [-0.15, -0.1) is 0 Å². The normalized spacial score (nSPS) is 10.7. The first kappa shape index (κ1) is 7.97. The van der Waals surface area contributed by atoms with Gasteiger partial charge < -0.3 is 0 Å². The maximum Gasteiger partial charge on any atom is 0.199 e. The minimum absolute atomic E-state index is 0.695. The van der Waals surface area contributed by atoms with Crippen molar-refractivity contribution in [1.82, 2.24) is 25.0 Å². The standard InChI is InChI=1S/C8H11N5/c1-5-4-7(13(3)12-5)8-9-6(2)10-11-8/h4H,1-3H3,(H,9,10,11). The predicted molar refractivity (Wildman–Crippen MR) is 48.1 cm³/mol. The number of hydrogen-bond acceptors (Lipinski definition) is 3. The zero-order valence-electron chi connectivity index (χ0n) is 7.87. The van der Waals surface area contributed by atoms with Gasteiger partial charge in [-0.2, -0.15) is 10.2 Å². The van der Waals surface area contributed by atoms with E-state index in [0.717, 1.165) is 17.2 Å². The van der Waals surface area contributed by atoms with Crippen LogP contribution in [-0.4, -0.2) is 25.0 Å². The Morgan fingerprint density at radius 3 is 2.62 bits per heavy atom. The summed E-state index contributed by atoms with van der Waals surface area (Å²) >= 11 is 0. The van der Waals surface area contributed by atoms with Crippen molar-refractivity contribution in [2.45, 2.75) is 13.8 Å². The molecule has 0 saturated carbocycles. The number of rotatable bonds is 1. The van der Waals surface area contributed by atoms with Crippen LogP contribution in [0.3, 0.4) is 0 Å². The summed E-state index contributed by atoms with van der Waals surface area (Å²) in [5, 5.41) is 11.1. The summed E-state index contributed by atoms with van der Waals surface area (Å²) in [6.07, 6.45) is 0. The third-order valence-electron chi connectivity index (χ3n) is 1.83. The molecule has 0 saturated heterocycles. The molecule has 0 aromatic carbocycles. The molecule has 2 rings (SSSR count). The number of nitrogens with zero attached hydrogens (tertiary/aromatic N) is 4. The van der Waals surface area contributed by atoms with E-state index < -0.39 is 0 Å². The van der Waals surface area contributed by atoms with E-state index in [1.54, 1.807) is 4.68 Å². The Balaban J connectivity index is 2.51. The van der Waals surface area contributed by atoms with Gasteiger partial charge in [-0.05, 0) is 19.9 Å². The lowest BCUT2D eigenvalue weighted by molar-refractivity contribution is 0.759. The van der Waals surface area contributed by atoms with Crippen molar-refractivity contribution in [1.29, 1.82) is 0 Å². The molecule has 0 spiro atoms. The number of aromatic nitrogens is 5. The summed E-state index contributed by atoms with van der Waals surface area (Å²) in [6, 6.07) is 1.96. The lowest BCUT2D eigenvalue weighted by Crippen LogP contribution is -1.94. The maximum absolute atomic E-state index is 4.23. The Hall–Kier alpha value is -1.65. The van der Waals surface area contributed by atoms with Crippen molar-refractivity contribution in [3.63, 3.8) is 0 Å². The summed E-state index contributed by atoms with van der Waals surface area (Å²) in [5.41, 5.74) is 1.90. The van der Waals surface area contributed by atoms with E-state index in [9.17, 15) is 0 Å². The van der Waals surface area contributed by atoms with Crippen molar-refractivity contribution in [2.24, 2.45) is 7.05 Å². The van der Waals surface area contributed by atoms with Gasteiger partial charge in [0.1, 0.15) is 11.5 Å². The summed E-state index contributed by atoms with van der Waals surface area (Å²) in [5.74, 6) is 1.51. The Morgan fingerprint density at radius 1 is 1.38 bits per heavy atom. The second kappa shape index (κ2) is 2.69. The molecule has 0 aliphatic heterocycles. The largest absolute Gasteiger partial charge is 0.264 e. The Bertz CT molecular complexity index is 425. The van der Waals surface area contributed by atoms with Gasteiger partial charge in [-0.3, -0.25) is 9.78 Å². The highest BCUT2D eigenvalue weighted by atomic mass is 15.3. The molecule has 2 heterocycles. The molecular weight excluding hydrogens is 166 g/mol. The minimum Gasteiger partial charge on any atom is -0.264 e. The number of H-pyrrole nitrogens is 1. The van der Waals surface area contributed by atoms with E-state index in [1.165, 1.54) is 0 Å². The Kier molecular flexibility index (Phi) is 1.65.